The highest BCUT2D eigenvalue weighted by Gasteiger charge is 2.09. The lowest BCUT2D eigenvalue weighted by molar-refractivity contribution is 0.420. The first kappa shape index (κ1) is 10.8. The van der Waals surface area contributed by atoms with Crippen LogP contribution in [0.3, 0.4) is 0 Å². The summed E-state index contributed by atoms with van der Waals surface area (Å²) in [7, 11) is 3.58. The molecule has 3 rings (SSSR count). The van der Waals surface area contributed by atoms with Crippen LogP contribution in [0.5, 0.6) is 5.75 Å². The van der Waals surface area contributed by atoms with E-state index in [4.69, 9.17) is 4.74 Å². The van der Waals surface area contributed by atoms with Crippen molar-refractivity contribution in [2.45, 2.75) is 0 Å². The van der Waals surface area contributed by atoms with Crippen LogP contribution >= 0.6 is 0 Å². The summed E-state index contributed by atoms with van der Waals surface area (Å²) in [6, 6.07) is 7.94. The number of hydrogen-bond acceptors (Lipinski definition) is 3. The van der Waals surface area contributed by atoms with Gasteiger partial charge in [0.15, 0.2) is 0 Å². The van der Waals surface area contributed by atoms with E-state index in [0.29, 0.717) is 0 Å². The van der Waals surface area contributed by atoms with Gasteiger partial charge in [0.05, 0.1) is 19.0 Å². The summed E-state index contributed by atoms with van der Waals surface area (Å²) in [5.41, 5.74) is 1.94. The van der Waals surface area contributed by atoms with Gasteiger partial charge in [-0.05, 0) is 12.1 Å². The number of fused-ring (bicyclic) bond motifs is 1. The molecule has 2 aromatic heterocycles. The molecule has 0 atom stereocenters. The summed E-state index contributed by atoms with van der Waals surface area (Å²) in [6.07, 6.45) is 5.58. The SMILES string of the molecule is COc1cccc2c(-c3cnn(C)c3)nccc12. The van der Waals surface area contributed by atoms with Crippen LogP contribution < -0.4 is 4.74 Å². The third-order valence-corrected chi connectivity index (χ3v) is 2.96. The van der Waals surface area contributed by atoms with E-state index >= 15 is 0 Å². The molecule has 0 unspecified atom stereocenters. The minimum absolute atomic E-state index is 0.861. The Bertz CT molecular complexity index is 703. The predicted octanol–water partition coefficient (Wildman–Crippen LogP) is 2.64. The Labute approximate surface area is 105 Å². The van der Waals surface area contributed by atoms with Crippen molar-refractivity contribution in [2.24, 2.45) is 7.05 Å². The fourth-order valence-electron chi connectivity index (χ4n) is 2.13. The number of aryl methyl sites for hydroxylation is 1. The molecule has 0 fully saturated rings. The van der Waals surface area contributed by atoms with E-state index < -0.39 is 0 Å². The van der Waals surface area contributed by atoms with Gasteiger partial charge in [0.2, 0.25) is 0 Å². The van der Waals surface area contributed by atoms with Gasteiger partial charge in [0, 0.05) is 35.8 Å². The van der Waals surface area contributed by atoms with E-state index in [0.717, 1.165) is 27.8 Å². The first-order valence-electron chi connectivity index (χ1n) is 5.70. The van der Waals surface area contributed by atoms with Crippen molar-refractivity contribution in [3.8, 4) is 17.0 Å². The van der Waals surface area contributed by atoms with E-state index in [2.05, 4.69) is 10.1 Å². The summed E-state index contributed by atoms with van der Waals surface area (Å²) in [4.78, 5) is 4.46. The first-order valence-corrected chi connectivity index (χ1v) is 5.70. The van der Waals surface area contributed by atoms with Crippen molar-refractivity contribution < 1.29 is 4.74 Å². The molecule has 2 heterocycles. The highest BCUT2D eigenvalue weighted by molar-refractivity contribution is 5.97. The third-order valence-electron chi connectivity index (χ3n) is 2.96. The molecule has 0 radical (unpaired) electrons. The maximum Gasteiger partial charge on any atom is 0.126 e. The highest BCUT2D eigenvalue weighted by atomic mass is 16.5. The Kier molecular flexibility index (Phi) is 2.48. The number of pyridine rings is 1. The zero-order valence-electron chi connectivity index (χ0n) is 10.3. The Hall–Kier alpha value is -2.36. The van der Waals surface area contributed by atoms with E-state index in [1.54, 1.807) is 18.0 Å². The second kappa shape index (κ2) is 4.14. The van der Waals surface area contributed by atoms with Gasteiger partial charge in [0.25, 0.3) is 0 Å². The number of benzene rings is 1. The van der Waals surface area contributed by atoms with Crippen LogP contribution in [-0.4, -0.2) is 21.9 Å². The molecule has 0 spiro atoms. The lowest BCUT2D eigenvalue weighted by Gasteiger charge is -2.07. The second-order valence-corrected chi connectivity index (χ2v) is 4.12. The van der Waals surface area contributed by atoms with Crippen LogP contribution in [-0.2, 0) is 7.05 Å². The molecule has 0 saturated carbocycles. The van der Waals surface area contributed by atoms with Gasteiger partial charge in [-0.2, -0.15) is 5.10 Å². The molecule has 18 heavy (non-hydrogen) atoms. The maximum atomic E-state index is 5.37. The molecule has 1 aromatic carbocycles. The zero-order valence-corrected chi connectivity index (χ0v) is 10.3. The Morgan fingerprint density at radius 3 is 2.78 bits per heavy atom. The molecule has 0 amide bonds. The minimum Gasteiger partial charge on any atom is -0.496 e. The standard InChI is InChI=1S/C14H13N3O/c1-17-9-10(8-16-17)14-12-4-3-5-13(18-2)11(12)6-7-15-14/h3-9H,1-2H3. The molecule has 0 aliphatic rings. The minimum atomic E-state index is 0.861. The molecular weight excluding hydrogens is 226 g/mol. The molecular formula is C14H13N3O. The van der Waals surface area contributed by atoms with Crippen molar-refractivity contribution in [3.05, 3.63) is 42.9 Å². The van der Waals surface area contributed by atoms with Crippen molar-refractivity contribution >= 4 is 10.8 Å². The third kappa shape index (κ3) is 1.62. The number of ether oxygens (including phenoxy) is 1. The van der Waals surface area contributed by atoms with Crippen molar-refractivity contribution in [2.75, 3.05) is 7.11 Å². The van der Waals surface area contributed by atoms with Crippen molar-refractivity contribution in [3.63, 3.8) is 0 Å². The van der Waals surface area contributed by atoms with Crippen molar-refractivity contribution in [1.82, 2.24) is 14.8 Å². The Morgan fingerprint density at radius 2 is 2.06 bits per heavy atom. The van der Waals surface area contributed by atoms with Gasteiger partial charge >= 0.3 is 0 Å². The molecule has 90 valence electrons. The molecule has 0 aliphatic heterocycles. The zero-order chi connectivity index (χ0) is 12.5. The molecule has 4 heteroatoms. The second-order valence-electron chi connectivity index (χ2n) is 4.12. The fraction of sp³-hybridized carbons (Fsp3) is 0.143. The van der Waals surface area contributed by atoms with E-state index in [-0.39, 0.29) is 0 Å². The molecule has 0 bridgehead atoms. The van der Waals surface area contributed by atoms with Gasteiger partial charge in [0.1, 0.15) is 5.75 Å². The number of methoxy groups -OCH3 is 1. The molecule has 0 saturated heterocycles. The lowest BCUT2D eigenvalue weighted by Crippen LogP contribution is -1.89. The van der Waals surface area contributed by atoms with E-state index in [1.807, 2.05) is 43.7 Å². The molecule has 0 N–H and O–H groups in total. The molecule has 4 nitrogen and oxygen atoms in total. The van der Waals surface area contributed by atoms with Crippen LogP contribution in [0.2, 0.25) is 0 Å². The van der Waals surface area contributed by atoms with Gasteiger partial charge in [-0.3, -0.25) is 9.67 Å². The number of rotatable bonds is 2. The monoisotopic (exact) mass is 239 g/mol. The largest absolute Gasteiger partial charge is 0.496 e. The Morgan fingerprint density at radius 1 is 1.17 bits per heavy atom. The lowest BCUT2D eigenvalue weighted by atomic mass is 10.1. The predicted molar refractivity (Wildman–Crippen MR) is 70.5 cm³/mol. The Balaban J connectivity index is 2.30. The van der Waals surface area contributed by atoms with Crippen LogP contribution in [0.1, 0.15) is 0 Å². The van der Waals surface area contributed by atoms with Gasteiger partial charge in [-0.15, -0.1) is 0 Å². The van der Waals surface area contributed by atoms with Gasteiger partial charge < -0.3 is 4.74 Å². The average Bonchev–Trinajstić information content (AvgIpc) is 2.84. The number of hydrogen-bond donors (Lipinski definition) is 0. The highest BCUT2D eigenvalue weighted by Crippen LogP contribution is 2.31. The number of nitrogens with zero attached hydrogens (tertiary/aromatic N) is 3. The topological polar surface area (TPSA) is 39.9 Å². The number of aromatic nitrogens is 3. The van der Waals surface area contributed by atoms with Crippen LogP contribution in [0.4, 0.5) is 0 Å². The van der Waals surface area contributed by atoms with E-state index in [9.17, 15) is 0 Å². The molecule has 0 aliphatic carbocycles. The summed E-state index contributed by atoms with van der Waals surface area (Å²) in [6.45, 7) is 0. The van der Waals surface area contributed by atoms with Crippen LogP contribution in [0, 0.1) is 0 Å². The first-order chi connectivity index (χ1) is 8.79. The average molecular weight is 239 g/mol. The quantitative estimate of drug-likeness (QED) is 0.690. The normalized spacial score (nSPS) is 10.8. The summed E-state index contributed by atoms with van der Waals surface area (Å²) >= 11 is 0. The molecule has 3 aromatic rings. The van der Waals surface area contributed by atoms with Crippen LogP contribution in [0.25, 0.3) is 22.0 Å². The van der Waals surface area contributed by atoms with Crippen LogP contribution in [0.15, 0.2) is 42.9 Å². The summed E-state index contributed by atoms with van der Waals surface area (Å²) in [5, 5.41) is 6.33. The smallest absolute Gasteiger partial charge is 0.126 e. The summed E-state index contributed by atoms with van der Waals surface area (Å²) < 4.78 is 7.15. The van der Waals surface area contributed by atoms with E-state index in [1.165, 1.54) is 0 Å². The van der Waals surface area contributed by atoms with Gasteiger partial charge in [-0.1, -0.05) is 12.1 Å². The van der Waals surface area contributed by atoms with Crippen molar-refractivity contribution in [1.29, 1.82) is 0 Å². The van der Waals surface area contributed by atoms with Gasteiger partial charge in [-0.25, -0.2) is 0 Å². The summed E-state index contributed by atoms with van der Waals surface area (Å²) in [5.74, 6) is 0.861. The maximum absolute atomic E-state index is 5.37. The fourth-order valence-corrected chi connectivity index (χ4v) is 2.13.